The zero-order valence-corrected chi connectivity index (χ0v) is 10.5. The molecule has 0 aliphatic carbocycles. The smallest absolute Gasteiger partial charge is 0.0628 e. The molecule has 4 heteroatoms. The SMILES string of the molecule is Cc1nn(C)c(C)c1CCN1CCC(N)C1. The number of nitrogens with two attached hydrogens (primary N) is 1. The van der Waals surface area contributed by atoms with Crippen LogP contribution < -0.4 is 5.73 Å². The third kappa shape index (κ3) is 2.28. The van der Waals surface area contributed by atoms with E-state index in [4.69, 9.17) is 5.73 Å². The van der Waals surface area contributed by atoms with Crippen LogP contribution in [-0.4, -0.2) is 40.4 Å². The summed E-state index contributed by atoms with van der Waals surface area (Å²) in [6.45, 7) is 7.56. The highest BCUT2D eigenvalue weighted by Crippen LogP contribution is 2.14. The molecule has 0 spiro atoms. The molecule has 0 radical (unpaired) electrons. The van der Waals surface area contributed by atoms with Crippen LogP contribution >= 0.6 is 0 Å². The van der Waals surface area contributed by atoms with Crippen molar-refractivity contribution in [2.45, 2.75) is 32.7 Å². The van der Waals surface area contributed by atoms with E-state index in [9.17, 15) is 0 Å². The van der Waals surface area contributed by atoms with E-state index in [-0.39, 0.29) is 0 Å². The van der Waals surface area contributed by atoms with Crippen molar-refractivity contribution >= 4 is 0 Å². The summed E-state index contributed by atoms with van der Waals surface area (Å²) in [5, 5.41) is 4.44. The molecule has 16 heavy (non-hydrogen) atoms. The summed E-state index contributed by atoms with van der Waals surface area (Å²) in [5.41, 5.74) is 9.77. The van der Waals surface area contributed by atoms with E-state index in [2.05, 4.69) is 23.8 Å². The lowest BCUT2D eigenvalue weighted by Gasteiger charge is -2.14. The Labute approximate surface area is 97.4 Å². The van der Waals surface area contributed by atoms with Gasteiger partial charge in [0, 0.05) is 31.9 Å². The second-order valence-electron chi connectivity index (χ2n) is 4.87. The van der Waals surface area contributed by atoms with Gasteiger partial charge in [-0.05, 0) is 38.8 Å². The van der Waals surface area contributed by atoms with Crippen LogP contribution in [0.2, 0.25) is 0 Å². The number of likely N-dealkylation sites (tertiary alicyclic amines) is 1. The first-order chi connectivity index (χ1) is 7.58. The van der Waals surface area contributed by atoms with Gasteiger partial charge in [-0.1, -0.05) is 0 Å². The maximum Gasteiger partial charge on any atom is 0.0628 e. The summed E-state index contributed by atoms with van der Waals surface area (Å²) in [6.07, 6.45) is 2.24. The first-order valence-electron chi connectivity index (χ1n) is 6.05. The molecule has 0 amide bonds. The molecule has 1 aliphatic rings. The predicted molar refractivity (Wildman–Crippen MR) is 65.4 cm³/mol. The highest BCUT2D eigenvalue weighted by molar-refractivity contribution is 5.24. The number of nitrogens with zero attached hydrogens (tertiary/aromatic N) is 3. The second-order valence-corrected chi connectivity index (χ2v) is 4.87. The highest BCUT2D eigenvalue weighted by Gasteiger charge is 2.19. The van der Waals surface area contributed by atoms with Gasteiger partial charge in [0.15, 0.2) is 0 Å². The minimum absolute atomic E-state index is 0.385. The summed E-state index contributed by atoms with van der Waals surface area (Å²) in [4.78, 5) is 2.45. The minimum atomic E-state index is 0.385. The Kier molecular flexibility index (Phi) is 3.30. The van der Waals surface area contributed by atoms with Gasteiger partial charge in [0.1, 0.15) is 0 Å². The molecule has 1 aliphatic heterocycles. The van der Waals surface area contributed by atoms with Gasteiger partial charge < -0.3 is 10.6 Å². The zero-order chi connectivity index (χ0) is 11.7. The van der Waals surface area contributed by atoms with Gasteiger partial charge in [0.05, 0.1) is 5.69 Å². The fourth-order valence-electron chi connectivity index (χ4n) is 2.51. The Morgan fingerprint density at radius 1 is 1.44 bits per heavy atom. The van der Waals surface area contributed by atoms with Crippen molar-refractivity contribution in [1.82, 2.24) is 14.7 Å². The van der Waals surface area contributed by atoms with Crippen LogP contribution in [0.4, 0.5) is 0 Å². The fraction of sp³-hybridized carbons (Fsp3) is 0.750. The van der Waals surface area contributed by atoms with Crippen molar-refractivity contribution in [3.63, 3.8) is 0 Å². The van der Waals surface area contributed by atoms with Crippen LogP contribution in [0.25, 0.3) is 0 Å². The lowest BCUT2D eigenvalue weighted by Crippen LogP contribution is -2.28. The van der Waals surface area contributed by atoms with Crippen LogP contribution in [0.5, 0.6) is 0 Å². The predicted octanol–water partition coefficient (Wildman–Crippen LogP) is 0.612. The summed E-state index contributed by atoms with van der Waals surface area (Å²) in [7, 11) is 2.01. The van der Waals surface area contributed by atoms with Crippen LogP contribution in [0.1, 0.15) is 23.4 Å². The quantitative estimate of drug-likeness (QED) is 0.815. The normalized spacial score (nSPS) is 21.9. The highest BCUT2D eigenvalue weighted by atomic mass is 15.3. The van der Waals surface area contributed by atoms with Gasteiger partial charge >= 0.3 is 0 Å². The van der Waals surface area contributed by atoms with E-state index in [0.717, 1.165) is 32.5 Å². The Balaban J connectivity index is 1.94. The van der Waals surface area contributed by atoms with Crippen LogP contribution in [0.15, 0.2) is 0 Å². The standard InChI is InChI=1S/C12H22N4/c1-9-12(10(2)15(3)14-9)5-7-16-6-4-11(13)8-16/h11H,4-8,13H2,1-3H3. The van der Waals surface area contributed by atoms with E-state index >= 15 is 0 Å². The van der Waals surface area contributed by atoms with Gasteiger partial charge in [-0.25, -0.2) is 0 Å². The summed E-state index contributed by atoms with van der Waals surface area (Å²) < 4.78 is 1.97. The minimum Gasteiger partial charge on any atom is -0.326 e. The third-order valence-electron chi connectivity index (χ3n) is 3.65. The number of aryl methyl sites for hydroxylation is 2. The van der Waals surface area contributed by atoms with E-state index in [1.165, 1.54) is 17.0 Å². The van der Waals surface area contributed by atoms with Crippen molar-refractivity contribution in [2.75, 3.05) is 19.6 Å². The molecule has 2 rings (SSSR count). The first kappa shape index (κ1) is 11.6. The van der Waals surface area contributed by atoms with Gasteiger partial charge in [-0.3, -0.25) is 4.68 Å². The molecule has 1 fully saturated rings. The monoisotopic (exact) mass is 222 g/mol. The fourth-order valence-corrected chi connectivity index (χ4v) is 2.51. The van der Waals surface area contributed by atoms with Crippen LogP contribution in [-0.2, 0) is 13.5 Å². The molecule has 0 saturated carbocycles. The average molecular weight is 222 g/mol. The summed E-state index contributed by atoms with van der Waals surface area (Å²) >= 11 is 0. The average Bonchev–Trinajstić information content (AvgIpc) is 2.72. The van der Waals surface area contributed by atoms with Gasteiger partial charge in [-0.15, -0.1) is 0 Å². The van der Waals surface area contributed by atoms with Crippen molar-refractivity contribution in [1.29, 1.82) is 0 Å². The first-order valence-corrected chi connectivity index (χ1v) is 6.05. The molecule has 1 unspecified atom stereocenters. The van der Waals surface area contributed by atoms with Crippen molar-refractivity contribution in [3.05, 3.63) is 17.0 Å². The molecule has 4 nitrogen and oxygen atoms in total. The Hall–Kier alpha value is -0.870. The summed E-state index contributed by atoms with van der Waals surface area (Å²) in [6, 6.07) is 0.385. The van der Waals surface area contributed by atoms with Gasteiger partial charge in [0.2, 0.25) is 0 Å². The molecule has 0 bridgehead atoms. The number of aromatic nitrogens is 2. The largest absolute Gasteiger partial charge is 0.326 e. The molecule has 1 aromatic heterocycles. The zero-order valence-electron chi connectivity index (χ0n) is 10.5. The molecule has 2 heterocycles. The van der Waals surface area contributed by atoms with E-state index in [1.54, 1.807) is 0 Å². The molecule has 1 saturated heterocycles. The number of hydrogen-bond acceptors (Lipinski definition) is 3. The van der Waals surface area contributed by atoms with Crippen molar-refractivity contribution < 1.29 is 0 Å². The lowest BCUT2D eigenvalue weighted by molar-refractivity contribution is 0.338. The maximum atomic E-state index is 5.90. The van der Waals surface area contributed by atoms with E-state index in [0.29, 0.717) is 6.04 Å². The molecule has 1 aromatic rings. The van der Waals surface area contributed by atoms with Gasteiger partial charge in [0.25, 0.3) is 0 Å². The Morgan fingerprint density at radius 3 is 2.69 bits per heavy atom. The molecular formula is C12H22N4. The molecular weight excluding hydrogens is 200 g/mol. The number of rotatable bonds is 3. The molecule has 0 aromatic carbocycles. The van der Waals surface area contributed by atoms with Crippen LogP contribution in [0, 0.1) is 13.8 Å². The lowest BCUT2D eigenvalue weighted by atomic mass is 10.1. The Bertz CT molecular complexity index is 369. The van der Waals surface area contributed by atoms with Gasteiger partial charge in [-0.2, -0.15) is 5.10 Å². The third-order valence-corrected chi connectivity index (χ3v) is 3.65. The molecule has 1 atom stereocenters. The van der Waals surface area contributed by atoms with Crippen LogP contribution in [0.3, 0.4) is 0 Å². The van der Waals surface area contributed by atoms with Crippen molar-refractivity contribution in [2.24, 2.45) is 12.8 Å². The molecule has 90 valence electrons. The summed E-state index contributed by atoms with van der Waals surface area (Å²) in [5.74, 6) is 0. The van der Waals surface area contributed by atoms with Crippen molar-refractivity contribution in [3.8, 4) is 0 Å². The maximum absolute atomic E-state index is 5.90. The number of hydrogen-bond donors (Lipinski definition) is 1. The van der Waals surface area contributed by atoms with E-state index < -0.39 is 0 Å². The van der Waals surface area contributed by atoms with E-state index in [1.807, 2.05) is 11.7 Å². The second kappa shape index (κ2) is 4.55. The topological polar surface area (TPSA) is 47.1 Å². The Morgan fingerprint density at radius 2 is 2.19 bits per heavy atom. The molecule has 2 N–H and O–H groups in total.